The van der Waals surface area contributed by atoms with E-state index < -0.39 is 11.8 Å². The van der Waals surface area contributed by atoms with Gasteiger partial charge in [0.25, 0.3) is 5.79 Å². The molecule has 0 bridgehead atoms. The average molecular weight is 392 g/mol. The Morgan fingerprint density at radius 3 is 2.69 bits per heavy atom. The van der Waals surface area contributed by atoms with E-state index in [0.717, 1.165) is 22.5 Å². The molecule has 150 valence electrons. The maximum absolute atomic E-state index is 12.7. The lowest BCUT2D eigenvalue weighted by Crippen LogP contribution is -2.36. The van der Waals surface area contributed by atoms with E-state index in [1.807, 2.05) is 61.6 Å². The van der Waals surface area contributed by atoms with Gasteiger partial charge in [-0.1, -0.05) is 24.3 Å². The third-order valence-corrected chi connectivity index (χ3v) is 5.43. The number of benzene rings is 1. The standard InChI is InChI=1S/C23H24N2O4/c1-6-28-22(26)18-13-25-16(4)15(3)24-21(25)20-17(18)11-12-23(27-5,29-20)19-10-8-7-9-14(19)2/h7-13H,6H2,1-5H3. The van der Waals surface area contributed by atoms with Gasteiger partial charge < -0.3 is 18.6 Å². The van der Waals surface area contributed by atoms with E-state index in [2.05, 4.69) is 4.98 Å². The normalized spacial score (nSPS) is 17.8. The fourth-order valence-corrected chi connectivity index (χ4v) is 3.73. The minimum atomic E-state index is -1.11. The minimum absolute atomic E-state index is 0.295. The summed E-state index contributed by atoms with van der Waals surface area (Å²) in [5.74, 6) is -1.01. The highest BCUT2D eigenvalue weighted by atomic mass is 16.7. The maximum Gasteiger partial charge on any atom is 0.340 e. The molecule has 6 nitrogen and oxygen atoms in total. The number of aryl methyl sites for hydroxylation is 3. The highest BCUT2D eigenvalue weighted by Gasteiger charge is 2.39. The van der Waals surface area contributed by atoms with Gasteiger partial charge in [0.15, 0.2) is 11.4 Å². The van der Waals surface area contributed by atoms with Gasteiger partial charge in [-0.3, -0.25) is 0 Å². The summed E-state index contributed by atoms with van der Waals surface area (Å²) in [7, 11) is 1.61. The number of nitrogens with zero attached hydrogens (tertiary/aromatic N) is 2. The fraction of sp³-hybridized carbons (Fsp3) is 0.304. The summed E-state index contributed by atoms with van der Waals surface area (Å²) in [6.07, 6.45) is 5.46. The Bertz CT molecular complexity index is 1150. The number of esters is 1. The molecular formula is C23H24N2O4. The molecule has 3 heterocycles. The van der Waals surface area contributed by atoms with Gasteiger partial charge in [-0.05, 0) is 45.4 Å². The molecule has 0 saturated carbocycles. The predicted molar refractivity (Wildman–Crippen MR) is 110 cm³/mol. The molecule has 0 N–H and O–H groups in total. The van der Waals surface area contributed by atoms with Crippen LogP contribution in [0.5, 0.6) is 5.75 Å². The molecule has 0 amide bonds. The zero-order chi connectivity index (χ0) is 20.8. The van der Waals surface area contributed by atoms with Crippen molar-refractivity contribution in [2.24, 2.45) is 0 Å². The largest absolute Gasteiger partial charge is 0.462 e. The van der Waals surface area contributed by atoms with Crippen molar-refractivity contribution in [1.82, 2.24) is 9.38 Å². The smallest absolute Gasteiger partial charge is 0.340 e. The molecule has 0 saturated heterocycles. The number of pyridine rings is 1. The van der Waals surface area contributed by atoms with Gasteiger partial charge in [0.2, 0.25) is 0 Å². The van der Waals surface area contributed by atoms with E-state index in [4.69, 9.17) is 14.2 Å². The number of carbonyl (C=O) groups excluding carboxylic acids is 1. The summed E-state index contributed by atoms with van der Waals surface area (Å²) >= 11 is 0. The zero-order valence-corrected chi connectivity index (χ0v) is 17.3. The second kappa shape index (κ2) is 7.04. The summed E-state index contributed by atoms with van der Waals surface area (Å²) < 4.78 is 19.5. The van der Waals surface area contributed by atoms with E-state index >= 15 is 0 Å². The number of fused-ring (bicyclic) bond motifs is 3. The molecule has 1 atom stereocenters. The first kappa shape index (κ1) is 19.2. The van der Waals surface area contributed by atoms with Crippen molar-refractivity contribution in [3.05, 3.63) is 70.2 Å². The number of hydrogen-bond donors (Lipinski definition) is 0. The van der Waals surface area contributed by atoms with E-state index in [0.29, 0.717) is 29.1 Å². The molecule has 3 aromatic rings. The van der Waals surface area contributed by atoms with Crippen LogP contribution in [-0.2, 0) is 15.3 Å². The van der Waals surface area contributed by atoms with Crippen molar-refractivity contribution in [1.29, 1.82) is 0 Å². The number of carbonyl (C=O) groups is 1. The predicted octanol–water partition coefficient (Wildman–Crippen LogP) is 4.34. The van der Waals surface area contributed by atoms with E-state index in [1.165, 1.54) is 0 Å². The number of ether oxygens (including phenoxy) is 3. The Balaban J connectivity index is 1.99. The first-order chi connectivity index (χ1) is 13.9. The molecule has 1 aliphatic heterocycles. The topological polar surface area (TPSA) is 62.1 Å². The van der Waals surface area contributed by atoms with Crippen LogP contribution in [0.15, 0.2) is 36.5 Å². The summed E-state index contributed by atoms with van der Waals surface area (Å²) in [4.78, 5) is 17.3. The molecule has 0 aliphatic carbocycles. The van der Waals surface area contributed by atoms with Crippen LogP contribution in [0, 0.1) is 20.8 Å². The second-order valence-electron chi connectivity index (χ2n) is 7.10. The van der Waals surface area contributed by atoms with E-state index in [-0.39, 0.29) is 0 Å². The Morgan fingerprint density at radius 2 is 2.00 bits per heavy atom. The number of imidazole rings is 1. The molecule has 2 aromatic heterocycles. The van der Waals surface area contributed by atoms with Crippen LogP contribution in [0.2, 0.25) is 0 Å². The number of rotatable bonds is 4. The highest BCUT2D eigenvalue weighted by molar-refractivity contribution is 5.96. The van der Waals surface area contributed by atoms with Crippen molar-refractivity contribution in [2.75, 3.05) is 13.7 Å². The maximum atomic E-state index is 12.7. The van der Waals surface area contributed by atoms with Crippen LogP contribution in [0.25, 0.3) is 11.7 Å². The fourth-order valence-electron chi connectivity index (χ4n) is 3.73. The molecule has 6 heteroatoms. The summed E-state index contributed by atoms with van der Waals surface area (Å²) in [6.45, 7) is 7.99. The van der Waals surface area contributed by atoms with Crippen LogP contribution in [-0.4, -0.2) is 29.1 Å². The molecule has 1 aromatic carbocycles. The Labute approximate surface area is 169 Å². The summed E-state index contributed by atoms with van der Waals surface area (Å²) in [6, 6.07) is 7.91. The lowest BCUT2D eigenvalue weighted by Gasteiger charge is -2.35. The van der Waals surface area contributed by atoms with E-state index in [9.17, 15) is 4.79 Å². The second-order valence-corrected chi connectivity index (χ2v) is 7.10. The third-order valence-electron chi connectivity index (χ3n) is 5.43. The molecule has 0 radical (unpaired) electrons. The molecule has 1 unspecified atom stereocenters. The quantitative estimate of drug-likeness (QED) is 0.618. The van der Waals surface area contributed by atoms with Crippen molar-refractivity contribution < 1.29 is 19.0 Å². The van der Waals surface area contributed by atoms with Crippen molar-refractivity contribution in [3.8, 4) is 5.75 Å². The van der Waals surface area contributed by atoms with Gasteiger partial charge in [-0.15, -0.1) is 0 Å². The minimum Gasteiger partial charge on any atom is -0.462 e. The average Bonchev–Trinajstić information content (AvgIpc) is 3.01. The van der Waals surface area contributed by atoms with Crippen LogP contribution in [0.1, 0.15) is 45.4 Å². The lowest BCUT2D eigenvalue weighted by atomic mass is 9.95. The Hall–Kier alpha value is -3.12. The Kier molecular flexibility index (Phi) is 4.67. The summed E-state index contributed by atoms with van der Waals surface area (Å²) in [5, 5.41) is 0. The van der Waals surface area contributed by atoms with Crippen molar-refractivity contribution >= 4 is 17.7 Å². The van der Waals surface area contributed by atoms with Crippen molar-refractivity contribution in [2.45, 2.75) is 33.5 Å². The molecule has 0 spiro atoms. The molecule has 29 heavy (non-hydrogen) atoms. The van der Waals surface area contributed by atoms with Gasteiger partial charge in [0.05, 0.1) is 17.9 Å². The number of hydrogen-bond acceptors (Lipinski definition) is 5. The molecule has 0 fully saturated rings. The van der Waals surface area contributed by atoms with Crippen LogP contribution in [0.4, 0.5) is 0 Å². The van der Waals surface area contributed by atoms with Gasteiger partial charge >= 0.3 is 5.97 Å². The third kappa shape index (κ3) is 2.91. The van der Waals surface area contributed by atoms with Gasteiger partial charge in [0, 0.05) is 30.1 Å². The number of methoxy groups -OCH3 is 1. The highest BCUT2D eigenvalue weighted by Crippen LogP contribution is 2.42. The molecule has 1 aliphatic rings. The van der Waals surface area contributed by atoms with Gasteiger partial charge in [-0.25, -0.2) is 9.78 Å². The first-order valence-electron chi connectivity index (χ1n) is 9.60. The zero-order valence-electron chi connectivity index (χ0n) is 17.3. The van der Waals surface area contributed by atoms with Crippen LogP contribution >= 0.6 is 0 Å². The van der Waals surface area contributed by atoms with Crippen molar-refractivity contribution in [3.63, 3.8) is 0 Å². The summed E-state index contributed by atoms with van der Waals surface area (Å²) in [5.41, 5.74) is 5.45. The van der Waals surface area contributed by atoms with Crippen LogP contribution < -0.4 is 4.74 Å². The van der Waals surface area contributed by atoms with Gasteiger partial charge in [0.1, 0.15) is 0 Å². The first-order valence-corrected chi connectivity index (χ1v) is 9.60. The van der Waals surface area contributed by atoms with E-state index in [1.54, 1.807) is 20.2 Å². The lowest BCUT2D eigenvalue weighted by molar-refractivity contribution is -0.133. The molecular weight excluding hydrogens is 368 g/mol. The SMILES string of the molecule is CCOC(=O)c1cn2c(C)c(C)nc2c2c1C=CC(OC)(c1ccccc1C)O2. The monoisotopic (exact) mass is 392 g/mol. The van der Waals surface area contributed by atoms with Gasteiger partial charge in [-0.2, -0.15) is 0 Å². The Morgan fingerprint density at radius 1 is 1.24 bits per heavy atom. The number of aromatic nitrogens is 2. The molecule has 4 rings (SSSR count). The van der Waals surface area contributed by atoms with Crippen LogP contribution in [0.3, 0.4) is 0 Å².